The third-order valence-electron chi connectivity index (χ3n) is 3.95. The number of phenols is 1. The summed E-state index contributed by atoms with van der Waals surface area (Å²) in [6.45, 7) is 4.43. The van der Waals surface area contributed by atoms with E-state index in [2.05, 4.69) is 15.9 Å². The number of hydrogen-bond acceptors (Lipinski definition) is 5. The van der Waals surface area contributed by atoms with E-state index in [1.165, 1.54) is 4.90 Å². The first-order valence-electron chi connectivity index (χ1n) is 8.35. The number of aryl methyl sites for hydroxylation is 1. The first-order chi connectivity index (χ1) is 12.9. The predicted molar refractivity (Wildman–Crippen MR) is 110 cm³/mol. The van der Waals surface area contributed by atoms with Crippen molar-refractivity contribution in [1.82, 2.24) is 4.90 Å². The van der Waals surface area contributed by atoms with Gasteiger partial charge in [0.05, 0.1) is 22.5 Å². The van der Waals surface area contributed by atoms with Crippen LogP contribution in [0, 0.1) is 6.92 Å². The monoisotopic (exact) mass is 447 g/mol. The van der Waals surface area contributed by atoms with Crippen molar-refractivity contribution in [3.05, 3.63) is 62.5 Å². The SMILES string of the molecule is CCOc1cc(/C=C2/SC(=O)N(Cc3cccc(C)c3)C2=O)cc(Br)c1O. The van der Waals surface area contributed by atoms with E-state index in [0.29, 0.717) is 27.3 Å². The number of ether oxygens (including phenoxy) is 1. The highest BCUT2D eigenvalue weighted by atomic mass is 79.9. The lowest BCUT2D eigenvalue weighted by Gasteiger charge is -2.12. The molecule has 5 nitrogen and oxygen atoms in total. The third-order valence-corrected chi connectivity index (χ3v) is 5.46. The standard InChI is InChI=1S/C20H18BrNO4S/c1-3-26-16-9-14(8-15(21)18(16)23)10-17-19(24)22(20(25)27-17)11-13-6-4-5-12(2)7-13/h4-10,23H,3,11H2,1-2H3/b17-10+. The molecule has 0 spiro atoms. The van der Waals surface area contributed by atoms with E-state index >= 15 is 0 Å². The van der Waals surface area contributed by atoms with Gasteiger partial charge < -0.3 is 9.84 Å². The number of rotatable bonds is 5. The lowest BCUT2D eigenvalue weighted by atomic mass is 10.1. The summed E-state index contributed by atoms with van der Waals surface area (Å²) in [6, 6.07) is 11.0. The fraction of sp³-hybridized carbons (Fsp3) is 0.200. The lowest BCUT2D eigenvalue weighted by molar-refractivity contribution is -0.123. The Hall–Kier alpha value is -2.25. The molecule has 2 aromatic rings. The van der Waals surface area contributed by atoms with Crippen molar-refractivity contribution in [3.63, 3.8) is 0 Å². The summed E-state index contributed by atoms with van der Waals surface area (Å²) in [7, 11) is 0. The van der Waals surface area contributed by atoms with Crippen LogP contribution < -0.4 is 4.74 Å². The minimum atomic E-state index is -0.325. The average molecular weight is 448 g/mol. The number of thioether (sulfide) groups is 1. The zero-order chi connectivity index (χ0) is 19.6. The van der Waals surface area contributed by atoms with Gasteiger partial charge in [0.1, 0.15) is 0 Å². The Morgan fingerprint density at radius 1 is 1.26 bits per heavy atom. The highest BCUT2D eigenvalue weighted by Crippen LogP contribution is 2.38. The van der Waals surface area contributed by atoms with E-state index < -0.39 is 0 Å². The van der Waals surface area contributed by atoms with Crippen LogP contribution in [0.2, 0.25) is 0 Å². The fourth-order valence-corrected chi connectivity index (χ4v) is 4.02. The molecule has 1 aliphatic rings. The normalized spacial score (nSPS) is 15.7. The van der Waals surface area contributed by atoms with Crippen molar-refractivity contribution in [2.45, 2.75) is 20.4 Å². The fourth-order valence-electron chi connectivity index (χ4n) is 2.72. The van der Waals surface area contributed by atoms with E-state index in [1.807, 2.05) is 38.1 Å². The minimum absolute atomic E-state index is 0.00144. The summed E-state index contributed by atoms with van der Waals surface area (Å²) >= 11 is 4.19. The Bertz CT molecular complexity index is 942. The highest BCUT2D eigenvalue weighted by molar-refractivity contribution is 9.10. The molecular weight excluding hydrogens is 430 g/mol. The Labute approximate surface area is 170 Å². The second-order valence-electron chi connectivity index (χ2n) is 6.04. The molecule has 7 heteroatoms. The molecule has 0 saturated carbocycles. The molecule has 140 valence electrons. The Morgan fingerprint density at radius 3 is 2.74 bits per heavy atom. The van der Waals surface area contributed by atoms with E-state index in [9.17, 15) is 14.7 Å². The molecule has 2 aromatic carbocycles. The van der Waals surface area contributed by atoms with Crippen molar-refractivity contribution in [3.8, 4) is 11.5 Å². The van der Waals surface area contributed by atoms with E-state index in [-0.39, 0.29) is 23.4 Å². The van der Waals surface area contributed by atoms with Crippen LogP contribution in [-0.2, 0) is 11.3 Å². The molecule has 1 N–H and O–H groups in total. The lowest BCUT2D eigenvalue weighted by Crippen LogP contribution is -2.27. The topological polar surface area (TPSA) is 66.8 Å². The van der Waals surface area contributed by atoms with Crippen LogP contribution in [0.15, 0.2) is 45.8 Å². The van der Waals surface area contributed by atoms with Crippen LogP contribution in [0.25, 0.3) is 6.08 Å². The molecule has 1 heterocycles. The summed E-state index contributed by atoms with van der Waals surface area (Å²) in [5, 5.41) is 9.71. The van der Waals surface area contributed by atoms with Crippen LogP contribution in [-0.4, -0.2) is 27.8 Å². The number of benzene rings is 2. The molecule has 1 fully saturated rings. The molecule has 0 radical (unpaired) electrons. The van der Waals surface area contributed by atoms with Gasteiger partial charge in [0, 0.05) is 0 Å². The Morgan fingerprint density at radius 2 is 2.04 bits per heavy atom. The maximum absolute atomic E-state index is 12.7. The number of imide groups is 1. The molecule has 1 saturated heterocycles. The van der Waals surface area contributed by atoms with Gasteiger partial charge >= 0.3 is 0 Å². The molecule has 3 rings (SSSR count). The predicted octanol–water partition coefficient (Wildman–Crippen LogP) is 5.10. The zero-order valence-electron chi connectivity index (χ0n) is 14.9. The molecule has 0 bridgehead atoms. The number of nitrogens with zero attached hydrogens (tertiary/aromatic N) is 1. The second kappa shape index (κ2) is 8.19. The van der Waals surface area contributed by atoms with Crippen LogP contribution in [0.4, 0.5) is 4.79 Å². The van der Waals surface area contributed by atoms with Gasteiger partial charge in [0.2, 0.25) is 0 Å². The summed E-state index contributed by atoms with van der Waals surface area (Å²) < 4.78 is 5.86. The summed E-state index contributed by atoms with van der Waals surface area (Å²) in [5.41, 5.74) is 2.64. The van der Waals surface area contributed by atoms with Gasteiger partial charge in [-0.2, -0.15) is 0 Å². The first kappa shape index (κ1) is 19.5. The van der Waals surface area contributed by atoms with Gasteiger partial charge in [-0.3, -0.25) is 14.5 Å². The first-order valence-corrected chi connectivity index (χ1v) is 9.96. The van der Waals surface area contributed by atoms with Gasteiger partial charge in [-0.1, -0.05) is 29.8 Å². The van der Waals surface area contributed by atoms with Crippen molar-refractivity contribution in [2.24, 2.45) is 0 Å². The zero-order valence-corrected chi connectivity index (χ0v) is 17.3. The second-order valence-corrected chi connectivity index (χ2v) is 7.89. The minimum Gasteiger partial charge on any atom is -0.503 e. The summed E-state index contributed by atoms with van der Waals surface area (Å²) in [4.78, 5) is 26.6. The van der Waals surface area contributed by atoms with Gasteiger partial charge in [-0.25, -0.2) is 0 Å². The van der Waals surface area contributed by atoms with Crippen molar-refractivity contribution in [1.29, 1.82) is 0 Å². The van der Waals surface area contributed by atoms with Gasteiger partial charge in [-0.05, 0) is 70.9 Å². The molecule has 2 amide bonds. The van der Waals surface area contributed by atoms with Crippen molar-refractivity contribution < 1.29 is 19.4 Å². The number of phenolic OH excluding ortho intramolecular Hbond substituents is 1. The molecule has 0 atom stereocenters. The third kappa shape index (κ3) is 4.36. The number of hydrogen-bond donors (Lipinski definition) is 1. The van der Waals surface area contributed by atoms with Crippen LogP contribution in [0.3, 0.4) is 0 Å². The van der Waals surface area contributed by atoms with Crippen molar-refractivity contribution >= 4 is 44.9 Å². The van der Waals surface area contributed by atoms with E-state index in [4.69, 9.17) is 4.74 Å². The maximum atomic E-state index is 12.7. The highest BCUT2D eigenvalue weighted by Gasteiger charge is 2.35. The number of aromatic hydroxyl groups is 1. The molecule has 0 unspecified atom stereocenters. The van der Waals surface area contributed by atoms with Crippen LogP contribution in [0.5, 0.6) is 11.5 Å². The smallest absolute Gasteiger partial charge is 0.293 e. The number of carbonyl (C=O) groups is 2. The maximum Gasteiger partial charge on any atom is 0.293 e. The Balaban J connectivity index is 1.86. The molecule has 1 aliphatic heterocycles. The average Bonchev–Trinajstić information content (AvgIpc) is 2.87. The summed E-state index contributed by atoms with van der Waals surface area (Å²) in [5.74, 6) is -0.00710. The number of carbonyl (C=O) groups excluding carboxylic acids is 2. The summed E-state index contributed by atoms with van der Waals surface area (Å²) in [6.07, 6.45) is 1.63. The quantitative estimate of drug-likeness (QED) is 0.645. The van der Waals surface area contributed by atoms with Gasteiger partial charge in [0.15, 0.2) is 11.5 Å². The molecule has 0 aliphatic carbocycles. The number of halogens is 1. The largest absolute Gasteiger partial charge is 0.503 e. The van der Waals surface area contributed by atoms with Gasteiger partial charge in [-0.15, -0.1) is 0 Å². The van der Waals surface area contributed by atoms with Crippen molar-refractivity contribution in [2.75, 3.05) is 6.61 Å². The molecule has 0 aromatic heterocycles. The van der Waals surface area contributed by atoms with E-state index in [0.717, 1.165) is 22.9 Å². The van der Waals surface area contributed by atoms with Crippen LogP contribution >= 0.6 is 27.7 Å². The Kier molecular flexibility index (Phi) is 5.92. The molecule has 27 heavy (non-hydrogen) atoms. The van der Waals surface area contributed by atoms with E-state index in [1.54, 1.807) is 18.2 Å². The number of amides is 2. The molecular formula is C20H18BrNO4S. The van der Waals surface area contributed by atoms with Gasteiger partial charge in [0.25, 0.3) is 11.1 Å². The van der Waals surface area contributed by atoms with Crippen LogP contribution in [0.1, 0.15) is 23.6 Å².